The summed E-state index contributed by atoms with van der Waals surface area (Å²) in [5.74, 6) is -0.397. The zero-order chi connectivity index (χ0) is 43.8. The van der Waals surface area contributed by atoms with Crippen molar-refractivity contribution in [3.63, 3.8) is 0 Å². The fraction of sp³-hybridized carbons (Fsp3) is 0.978. The van der Waals surface area contributed by atoms with E-state index in [9.17, 15) is 40.5 Å². The van der Waals surface area contributed by atoms with Crippen LogP contribution >= 0.6 is 0 Å². The smallest absolute Gasteiger partial charge is 0.306 e. The maximum atomic E-state index is 12.6. The van der Waals surface area contributed by atoms with E-state index >= 15 is 0 Å². The SMILES string of the molecule is CCCCCCCCCCCCCCCCCCCCCCCCCOCC(COC1OC(COC2OC(CO)C(O)C(O)C2O)C(O)C(O)C1O)OC(=O)CCCCC. The monoisotopic (exact) mass is 865 g/mol. The maximum Gasteiger partial charge on any atom is 0.306 e. The van der Waals surface area contributed by atoms with E-state index in [1.54, 1.807) is 0 Å². The van der Waals surface area contributed by atoms with Gasteiger partial charge in [0.15, 0.2) is 12.6 Å². The highest BCUT2D eigenvalue weighted by Gasteiger charge is 2.47. The molecule has 0 aromatic heterocycles. The molecular weight excluding hydrogens is 776 g/mol. The Kier molecular flexibility index (Phi) is 32.5. The first-order valence-electron chi connectivity index (χ1n) is 24.1. The number of unbranched alkanes of at least 4 members (excludes halogenated alkanes) is 24. The van der Waals surface area contributed by atoms with E-state index < -0.39 is 86.7 Å². The third-order valence-electron chi connectivity index (χ3n) is 11.9. The zero-order valence-corrected chi connectivity index (χ0v) is 37.5. The average Bonchev–Trinajstić information content (AvgIpc) is 3.24. The van der Waals surface area contributed by atoms with Gasteiger partial charge in [0.05, 0.1) is 26.4 Å². The van der Waals surface area contributed by atoms with Crippen LogP contribution in [0.1, 0.15) is 187 Å². The predicted molar refractivity (Wildman–Crippen MR) is 229 cm³/mol. The Labute approximate surface area is 362 Å². The minimum atomic E-state index is -1.70. The van der Waals surface area contributed by atoms with Crippen LogP contribution in [0.4, 0.5) is 0 Å². The van der Waals surface area contributed by atoms with Gasteiger partial charge in [0.1, 0.15) is 54.9 Å². The summed E-state index contributed by atoms with van der Waals surface area (Å²) in [5.41, 5.74) is 0. The second-order valence-electron chi connectivity index (χ2n) is 17.3. The minimum Gasteiger partial charge on any atom is -0.457 e. The van der Waals surface area contributed by atoms with Gasteiger partial charge in [0.25, 0.3) is 0 Å². The summed E-state index contributed by atoms with van der Waals surface area (Å²) in [6, 6.07) is 0. The molecule has 0 aliphatic carbocycles. The van der Waals surface area contributed by atoms with Gasteiger partial charge in [-0.1, -0.05) is 168 Å². The van der Waals surface area contributed by atoms with E-state index in [1.807, 2.05) is 6.92 Å². The van der Waals surface area contributed by atoms with Crippen LogP contribution in [-0.2, 0) is 33.2 Å². The number of ether oxygens (including phenoxy) is 6. The molecule has 2 rings (SSSR count). The molecule has 0 saturated carbocycles. The topological polar surface area (TPSA) is 214 Å². The highest BCUT2D eigenvalue weighted by molar-refractivity contribution is 5.69. The highest BCUT2D eigenvalue weighted by atomic mass is 16.7. The van der Waals surface area contributed by atoms with Gasteiger partial charge in [0.2, 0.25) is 0 Å². The molecule has 356 valence electrons. The van der Waals surface area contributed by atoms with Crippen LogP contribution in [0.3, 0.4) is 0 Å². The van der Waals surface area contributed by atoms with Crippen molar-refractivity contribution < 1.29 is 69.0 Å². The number of carbonyl (C=O) groups excluding carboxylic acids is 1. The largest absolute Gasteiger partial charge is 0.457 e. The lowest BCUT2D eigenvalue weighted by molar-refractivity contribution is -0.332. The Morgan fingerprint density at radius 2 is 0.883 bits per heavy atom. The van der Waals surface area contributed by atoms with Crippen molar-refractivity contribution in [2.75, 3.05) is 33.0 Å². The molecule has 0 aromatic carbocycles. The van der Waals surface area contributed by atoms with Crippen molar-refractivity contribution in [2.24, 2.45) is 0 Å². The normalized spacial score (nSPS) is 27.6. The van der Waals surface area contributed by atoms with Crippen LogP contribution in [0.25, 0.3) is 0 Å². The summed E-state index contributed by atoms with van der Waals surface area (Å²) in [7, 11) is 0. The first-order valence-corrected chi connectivity index (χ1v) is 24.1. The summed E-state index contributed by atoms with van der Waals surface area (Å²) in [5, 5.41) is 71.6. The molecule has 2 saturated heterocycles. The third kappa shape index (κ3) is 23.6. The first-order chi connectivity index (χ1) is 29.1. The van der Waals surface area contributed by atoms with Crippen molar-refractivity contribution in [3.05, 3.63) is 0 Å². The number of esters is 1. The van der Waals surface area contributed by atoms with Gasteiger partial charge in [-0.25, -0.2) is 0 Å². The summed E-state index contributed by atoms with van der Waals surface area (Å²) < 4.78 is 33.9. The number of carbonyl (C=O) groups is 1. The fourth-order valence-corrected chi connectivity index (χ4v) is 7.87. The summed E-state index contributed by atoms with van der Waals surface area (Å²) in [6.07, 6.45) is 17.2. The molecule has 14 heteroatoms. The van der Waals surface area contributed by atoms with E-state index in [4.69, 9.17) is 28.4 Å². The Balaban J connectivity index is 1.59. The number of rotatable bonds is 38. The van der Waals surface area contributed by atoms with Gasteiger partial charge in [-0.3, -0.25) is 4.79 Å². The van der Waals surface area contributed by atoms with Gasteiger partial charge in [-0.2, -0.15) is 0 Å². The molecule has 14 nitrogen and oxygen atoms in total. The molecule has 2 heterocycles. The summed E-state index contributed by atoms with van der Waals surface area (Å²) in [4.78, 5) is 12.6. The molecule has 2 aliphatic heterocycles. The van der Waals surface area contributed by atoms with Crippen LogP contribution in [0.5, 0.6) is 0 Å². The molecule has 11 atom stereocenters. The first kappa shape index (κ1) is 55.1. The molecule has 0 spiro atoms. The molecule has 0 amide bonds. The van der Waals surface area contributed by atoms with E-state index in [2.05, 4.69) is 6.92 Å². The van der Waals surface area contributed by atoms with Crippen molar-refractivity contribution in [1.82, 2.24) is 0 Å². The van der Waals surface area contributed by atoms with Crippen molar-refractivity contribution >= 4 is 5.97 Å². The molecule has 0 aromatic rings. The van der Waals surface area contributed by atoms with Crippen LogP contribution in [-0.4, -0.2) is 142 Å². The van der Waals surface area contributed by atoms with Crippen molar-refractivity contribution in [2.45, 2.75) is 255 Å². The van der Waals surface area contributed by atoms with Gasteiger partial charge >= 0.3 is 5.97 Å². The average molecular weight is 865 g/mol. The highest BCUT2D eigenvalue weighted by Crippen LogP contribution is 2.26. The second-order valence-corrected chi connectivity index (χ2v) is 17.3. The Hall–Kier alpha value is -1.01. The maximum absolute atomic E-state index is 12.6. The van der Waals surface area contributed by atoms with Crippen LogP contribution in [0.2, 0.25) is 0 Å². The van der Waals surface area contributed by atoms with Crippen molar-refractivity contribution in [3.8, 4) is 0 Å². The van der Waals surface area contributed by atoms with Gasteiger partial charge < -0.3 is 64.2 Å². The van der Waals surface area contributed by atoms with E-state index in [-0.39, 0.29) is 19.6 Å². The molecular formula is C46H88O14. The molecule has 7 N–H and O–H groups in total. The zero-order valence-electron chi connectivity index (χ0n) is 37.5. The van der Waals surface area contributed by atoms with Gasteiger partial charge in [-0.05, 0) is 12.8 Å². The van der Waals surface area contributed by atoms with Crippen LogP contribution in [0, 0.1) is 0 Å². The molecule has 60 heavy (non-hydrogen) atoms. The number of hydrogen-bond donors (Lipinski definition) is 7. The lowest BCUT2D eigenvalue weighted by Crippen LogP contribution is -2.61. The number of aliphatic hydroxyl groups excluding tert-OH is 7. The van der Waals surface area contributed by atoms with Gasteiger partial charge in [-0.15, -0.1) is 0 Å². The fourth-order valence-electron chi connectivity index (χ4n) is 7.87. The summed E-state index contributed by atoms with van der Waals surface area (Å²) in [6.45, 7) is 3.53. The predicted octanol–water partition coefficient (Wildman–Crippen LogP) is 6.13. The molecule has 0 radical (unpaired) electrons. The molecule has 11 unspecified atom stereocenters. The lowest BCUT2D eigenvalue weighted by atomic mass is 9.98. The molecule has 0 bridgehead atoms. The number of hydrogen-bond acceptors (Lipinski definition) is 14. The minimum absolute atomic E-state index is 0.0659. The molecule has 2 fully saturated rings. The quantitative estimate of drug-likeness (QED) is 0.0275. The third-order valence-corrected chi connectivity index (χ3v) is 11.9. The lowest BCUT2D eigenvalue weighted by Gasteiger charge is -2.42. The standard InChI is InChI=1S/C46H88O14/c1-3-5-7-8-9-10-11-12-13-14-15-16-17-18-19-20-21-22-23-24-25-26-28-30-55-32-35(58-38(48)29-27-6-4-2)33-56-45-44(54)42(52)40(50)37(60-45)34-57-46-43(53)41(51)39(49)36(31-47)59-46/h35-37,39-47,49-54H,3-34H2,1-2H3. The Morgan fingerprint density at radius 3 is 1.35 bits per heavy atom. The van der Waals surface area contributed by atoms with Crippen molar-refractivity contribution in [1.29, 1.82) is 0 Å². The van der Waals surface area contributed by atoms with Gasteiger partial charge in [0, 0.05) is 13.0 Å². The Morgan fingerprint density at radius 1 is 0.483 bits per heavy atom. The number of aliphatic hydroxyl groups is 7. The van der Waals surface area contributed by atoms with Crippen LogP contribution < -0.4 is 0 Å². The summed E-state index contributed by atoms with van der Waals surface area (Å²) >= 11 is 0. The van der Waals surface area contributed by atoms with E-state index in [1.165, 1.54) is 128 Å². The molecule has 2 aliphatic rings. The van der Waals surface area contributed by atoms with Crippen LogP contribution in [0.15, 0.2) is 0 Å². The Bertz CT molecular complexity index is 1010. The second kappa shape index (κ2) is 35.4. The van der Waals surface area contributed by atoms with E-state index in [0.29, 0.717) is 13.0 Å². The van der Waals surface area contributed by atoms with E-state index in [0.717, 1.165) is 32.1 Å².